The van der Waals surface area contributed by atoms with Crippen LogP contribution in [0.25, 0.3) is 0 Å². The van der Waals surface area contributed by atoms with Crippen molar-refractivity contribution in [2.24, 2.45) is 5.41 Å². The molecule has 2 heterocycles. The minimum Gasteiger partial charge on any atom is -0.497 e. The van der Waals surface area contributed by atoms with Crippen LogP contribution in [0, 0.1) is 17.8 Å². The van der Waals surface area contributed by atoms with Crippen molar-refractivity contribution in [1.29, 1.82) is 0 Å². The van der Waals surface area contributed by atoms with Gasteiger partial charge in [-0.3, -0.25) is 4.90 Å². The van der Waals surface area contributed by atoms with Gasteiger partial charge in [0.1, 0.15) is 11.4 Å². The Morgan fingerprint density at radius 3 is 2.91 bits per heavy atom. The van der Waals surface area contributed by atoms with Crippen molar-refractivity contribution in [3.63, 3.8) is 0 Å². The molecule has 1 N–H and O–H groups in total. The number of methoxy groups -OCH3 is 1. The summed E-state index contributed by atoms with van der Waals surface area (Å²) in [6.07, 6.45) is 10.5. The van der Waals surface area contributed by atoms with E-state index in [2.05, 4.69) is 35.9 Å². The number of terminal acetylenes is 1. The van der Waals surface area contributed by atoms with Gasteiger partial charge in [-0.2, -0.15) is 0 Å². The smallest absolute Gasteiger partial charge is 0.132 e. The molecule has 1 aromatic carbocycles. The molecule has 0 bridgehead atoms. The molecule has 1 saturated heterocycles. The molecule has 0 spiro atoms. The maximum absolute atomic E-state index is 10.9. The third kappa shape index (κ3) is 1.92. The van der Waals surface area contributed by atoms with Gasteiger partial charge in [0, 0.05) is 24.0 Å². The van der Waals surface area contributed by atoms with Gasteiger partial charge in [-0.15, -0.1) is 6.42 Å². The topological polar surface area (TPSA) is 32.7 Å². The van der Waals surface area contributed by atoms with E-state index >= 15 is 0 Å². The van der Waals surface area contributed by atoms with Crippen molar-refractivity contribution in [3.8, 4) is 18.1 Å². The zero-order valence-electron chi connectivity index (χ0n) is 14.0. The Balaban J connectivity index is 1.70. The highest BCUT2D eigenvalue weighted by atomic mass is 16.5. The summed E-state index contributed by atoms with van der Waals surface area (Å²) in [5, 5.41) is 10.9. The lowest BCUT2D eigenvalue weighted by Gasteiger charge is -2.54. The fourth-order valence-electron chi connectivity index (χ4n) is 5.33. The lowest BCUT2D eigenvalue weighted by atomic mass is 9.66. The molecule has 2 fully saturated rings. The van der Waals surface area contributed by atoms with Crippen LogP contribution in [0.1, 0.15) is 49.8 Å². The van der Waals surface area contributed by atoms with E-state index in [0.717, 1.165) is 44.4 Å². The van der Waals surface area contributed by atoms with Crippen molar-refractivity contribution in [2.45, 2.75) is 56.7 Å². The third-order valence-corrected chi connectivity index (χ3v) is 6.78. The molecule has 0 aromatic heterocycles. The van der Waals surface area contributed by atoms with Crippen molar-refractivity contribution in [3.05, 3.63) is 29.3 Å². The van der Waals surface area contributed by atoms with Gasteiger partial charge in [0.25, 0.3) is 0 Å². The van der Waals surface area contributed by atoms with Crippen LogP contribution in [-0.4, -0.2) is 35.3 Å². The molecular formula is C20H25NO2. The van der Waals surface area contributed by atoms with E-state index in [0.29, 0.717) is 12.1 Å². The fraction of sp³-hybridized carbons (Fsp3) is 0.600. The van der Waals surface area contributed by atoms with Crippen LogP contribution >= 0.6 is 0 Å². The Morgan fingerprint density at radius 1 is 1.35 bits per heavy atom. The Labute approximate surface area is 138 Å². The van der Waals surface area contributed by atoms with Crippen LogP contribution in [0.4, 0.5) is 0 Å². The highest BCUT2D eigenvalue weighted by Crippen LogP contribution is 2.58. The first-order chi connectivity index (χ1) is 11.0. The average molecular weight is 311 g/mol. The predicted octanol–water partition coefficient (Wildman–Crippen LogP) is 2.92. The molecule has 0 radical (unpaired) electrons. The number of piperidine rings is 1. The van der Waals surface area contributed by atoms with E-state index in [9.17, 15) is 5.11 Å². The quantitative estimate of drug-likeness (QED) is 0.810. The first-order valence-corrected chi connectivity index (χ1v) is 8.65. The highest BCUT2D eigenvalue weighted by Gasteiger charge is 2.60. The molecule has 4 rings (SSSR count). The maximum atomic E-state index is 10.9. The van der Waals surface area contributed by atoms with E-state index in [-0.39, 0.29) is 5.41 Å². The van der Waals surface area contributed by atoms with Gasteiger partial charge < -0.3 is 9.84 Å². The Bertz CT molecular complexity index is 679. The molecule has 4 atom stereocenters. The van der Waals surface area contributed by atoms with Crippen LogP contribution in [0.5, 0.6) is 5.75 Å². The fourth-order valence-corrected chi connectivity index (χ4v) is 5.33. The average Bonchev–Trinajstić information content (AvgIpc) is 2.86. The minimum atomic E-state index is -0.942. The molecule has 23 heavy (non-hydrogen) atoms. The Morgan fingerprint density at radius 2 is 2.17 bits per heavy atom. The first-order valence-electron chi connectivity index (χ1n) is 8.65. The molecule has 3 nitrogen and oxygen atoms in total. The van der Waals surface area contributed by atoms with E-state index in [1.807, 2.05) is 0 Å². The Hall–Kier alpha value is -1.50. The van der Waals surface area contributed by atoms with Gasteiger partial charge in [0.15, 0.2) is 0 Å². The van der Waals surface area contributed by atoms with Crippen molar-refractivity contribution in [2.75, 3.05) is 13.7 Å². The predicted molar refractivity (Wildman–Crippen MR) is 90.3 cm³/mol. The van der Waals surface area contributed by atoms with Gasteiger partial charge in [-0.1, -0.05) is 18.9 Å². The zero-order valence-corrected chi connectivity index (χ0v) is 14.0. The highest BCUT2D eigenvalue weighted by molar-refractivity contribution is 5.40. The monoisotopic (exact) mass is 311 g/mol. The molecule has 2 aliphatic heterocycles. The van der Waals surface area contributed by atoms with Crippen molar-refractivity contribution < 1.29 is 9.84 Å². The summed E-state index contributed by atoms with van der Waals surface area (Å²) in [5.74, 6) is 3.67. The second kappa shape index (κ2) is 5.00. The summed E-state index contributed by atoms with van der Waals surface area (Å²) < 4.78 is 5.37. The summed E-state index contributed by atoms with van der Waals surface area (Å²) in [4.78, 5) is 2.62. The molecule has 0 amide bonds. The van der Waals surface area contributed by atoms with E-state index in [1.165, 1.54) is 11.1 Å². The Kier molecular flexibility index (Phi) is 3.27. The van der Waals surface area contributed by atoms with E-state index < -0.39 is 5.60 Å². The lowest BCUT2D eigenvalue weighted by molar-refractivity contribution is -0.0839. The van der Waals surface area contributed by atoms with Crippen LogP contribution < -0.4 is 4.74 Å². The first kappa shape index (κ1) is 15.1. The summed E-state index contributed by atoms with van der Waals surface area (Å²) in [7, 11) is 1.72. The van der Waals surface area contributed by atoms with Crippen LogP contribution in [0.3, 0.4) is 0 Å². The number of nitrogens with zero attached hydrogens (tertiary/aromatic N) is 1. The molecule has 122 valence electrons. The third-order valence-electron chi connectivity index (χ3n) is 6.78. The number of benzene rings is 1. The summed E-state index contributed by atoms with van der Waals surface area (Å²) in [5.41, 5.74) is 1.74. The SMILES string of the molecule is C#C[C@]1(O)CC[C@H]2N3CCc4cc(OC)ccc4[C@H]3CC[C@@]21C. The summed E-state index contributed by atoms with van der Waals surface area (Å²) in [6, 6.07) is 7.34. The number of fused-ring (bicyclic) bond motifs is 5. The minimum absolute atomic E-state index is 0.178. The molecule has 1 aliphatic carbocycles. The number of rotatable bonds is 1. The summed E-state index contributed by atoms with van der Waals surface area (Å²) in [6.45, 7) is 3.25. The van der Waals surface area contributed by atoms with Gasteiger partial charge in [0.05, 0.1) is 7.11 Å². The largest absolute Gasteiger partial charge is 0.497 e. The molecular weight excluding hydrogens is 286 g/mol. The molecule has 3 heteroatoms. The van der Waals surface area contributed by atoms with Crippen LogP contribution in [0.15, 0.2) is 18.2 Å². The van der Waals surface area contributed by atoms with E-state index in [4.69, 9.17) is 11.2 Å². The summed E-state index contributed by atoms with van der Waals surface area (Å²) >= 11 is 0. The van der Waals surface area contributed by atoms with Gasteiger partial charge >= 0.3 is 0 Å². The lowest BCUT2D eigenvalue weighted by Crippen LogP contribution is -2.57. The zero-order chi connectivity index (χ0) is 16.2. The van der Waals surface area contributed by atoms with Gasteiger partial charge in [-0.05, 0) is 55.4 Å². The molecule has 1 saturated carbocycles. The molecule has 1 aromatic rings. The maximum Gasteiger partial charge on any atom is 0.132 e. The van der Waals surface area contributed by atoms with Crippen molar-refractivity contribution >= 4 is 0 Å². The standard InChI is InChI=1S/C20H25NO2/c1-4-20(22)11-8-18-19(20,2)10-7-17-16-6-5-15(23-3)13-14(16)9-12-21(17)18/h1,5-6,13,17-18,22H,7-12H2,2-3H3/t17-,18-,19+,20+/m1/s1. The number of aliphatic hydroxyl groups is 1. The van der Waals surface area contributed by atoms with Crippen molar-refractivity contribution in [1.82, 2.24) is 4.90 Å². The molecule has 3 aliphatic rings. The normalized spacial score (nSPS) is 39.0. The molecule has 0 unspecified atom stereocenters. The number of hydrogen-bond donors (Lipinski definition) is 1. The number of hydrogen-bond acceptors (Lipinski definition) is 3. The van der Waals surface area contributed by atoms with Crippen LogP contribution in [0.2, 0.25) is 0 Å². The van der Waals surface area contributed by atoms with Gasteiger partial charge in [0.2, 0.25) is 0 Å². The second-order valence-corrected chi connectivity index (χ2v) is 7.58. The van der Waals surface area contributed by atoms with Crippen LogP contribution in [-0.2, 0) is 6.42 Å². The second-order valence-electron chi connectivity index (χ2n) is 7.58. The van der Waals surface area contributed by atoms with Gasteiger partial charge in [-0.25, -0.2) is 0 Å². The number of ether oxygens (including phenoxy) is 1. The van der Waals surface area contributed by atoms with E-state index in [1.54, 1.807) is 7.11 Å².